The van der Waals surface area contributed by atoms with Crippen molar-refractivity contribution in [2.45, 2.75) is 26.3 Å². The predicted octanol–water partition coefficient (Wildman–Crippen LogP) is 4.66. The molecule has 0 spiro atoms. The van der Waals surface area contributed by atoms with E-state index in [1.54, 1.807) is 0 Å². The molecule has 1 aromatic heterocycles. The molecular weight excluding hydrogens is 296 g/mol. The van der Waals surface area contributed by atoms with E-state index in [9.17, 15) is 4.79 Å². The van der Waals surface area contributed by atoms with Gasteiger partial charge in [0.05, 0.1) is 5.52 Å². The molecular formula is C21H20N2O. The summed E-state index contributed by atoms with van der Waals surface area (Å²) in [5.41, 5.74) is 4.89. The minimum absolute atomic E-state index is 0.0707. The molecule has 0 radical (unpaired) electrons. The van der Waals surface area contributed by atoms with E-state index < -0.39 is 0 Å². The van der Waals surface area contributed by atoms with Crippen molar-refractivity contribution in [1.29, 1.82) is 0 Å². The first-order valence-corrected chi connectivity index (χ1v) is 8.56. The van der Waals surface area contributed by atoms with Gasteiger partial charge in [-0.2, -0.15) is 0 Å². The van der Waals surface area contributed by atoms with E-state index in [1.807, 2.05) is 41.3 Å². The topological polar surface area (TPSA) is 33.2 Å². The Balaban J connectivity index is 1.94. The molecule has 0 N–H and O–H groups in total. The summed E-state index contributed by atoms with van der Waals surface area (Å²) in [7, 11) is 0. The third kappa shape index (κ3) is 2.37. The SMILES string of the molecule is CCCCN1Cc2c(nc3ccccc3c2-c2ccccc2)C1=O. The van der Waals surface area contributed by atoms with Crippen LogP contribution in [0.3, 0.4) is 0 Å². The van der Waals surface area contributed by atoms with Crippen LogP contribution in [0.5, 0.6) is 0 Å². The summed E-state index contributed by atoms with van der Waals surface area (Å²) in [5.74, 6) is 0.0707. The molecule has 1 aliphatic rings. The van der Waals surface area contributed by atoms with Crippen LogP contribution in [-0.4, -0.2) is 22.3 Å². The highest BCUT2D eigenvalue weighted by Gasteiger charge is 2.32. The summed E-state index contributed by atoms with van der Waals surface area (Å²) in [5, 5.41) is 1.12. The van der Waals surface area contributed by atoms with Gasteiger partial charge in [0.1, 0.15) is 5.69 Å². The zero-order valence-corrected chi connectivity index (χ0v) is 13.8. The molecule has 1 amide bonds. The Morgan fingerprint density at radius 1 is 1.04 bits per heavy atom. The van der Waals surface area contributed by atoms with Gasteiger partial charge in [0.25, 0.3) is 5.91 Å². The van der Waals surface area contributed by atoms with Gasteiger partial charge in [0, 0.05) is 24.0 Å². The molecule has 0 aliphatic carbocycles. The van der Waals surface area contributed by atoms with E-state index in [0.717, 1.165) is 47.0 Å². The average Bonchev–Trinajstić information content (AvgIpc) is 2.94. The lowest BCUT2D eigenvalue weighted by atomic mass is 9.95. The minimum atomic E-state index is 0.0707. The molecule has 0 fully saturated rings. The summed E-state index contributed by atoms with van der Waals surface area (Å²) < 4.78 is 0. The molecule has 0 atom stereocenters. The number of nitrogens with zero attached hydrogens (tertiary/aromatic N) is 2. The first kappa shape index (κ1) is 14.9. The van der Waals surface area contributed by atoms with Crippen LogP contribution in [0.25, 0.3) is 22.0 Å². The first-order valence-electron chi connectivity index (χ1n) is 8.56. The summed E-state index contributed by atoms with van der Waals surface area (Å²) in [4.78, 5) is 19.4. The van der Waals surface area contributed by atoms with Crippen molar-refractivity contribution in [2.24, 2.45) is 0 Å². The van der Waals surface area contributed by atoms with E-state index in [-0.39, 0.29) is 5.91 Å². The smallest absolute Gasteiger partial charge is 0.273 e. The summed E-state index contributed by atoms with van der Waals surface area (Å²) >= 11 is 0. The van der Waals surface area contributed by atoms with Crippen molar-refractivity contribution in [1.82, 2.24) is 9.88 Å². The van der Waals surface area contributed by atoms with E-state index in [4.69, 9.17) is 4.98 Å². The quantitative estimate of drug-likeness (QED) is 0.701. The monoisotopic (exact) mass is 316 g/mol. The Bertz CT molecular complexity index is 902. The maximum absolute atomic E-state index is 12.8. The molecule has 24 heavy (non-hydrogen) atoms. The van der Waals surface area contributed by atoms with Gasteiger partial charge >= 0.3 is 0 Å². The lowest BCUT2D eigenvalue weighted by Gasteiger charge is -2.14. The van der Waals surface area contributed by atoms with Crippen molar-refractivity contribution in [2.75, 3.05) is 6.54 Å². The van der Waals surface area contributed by atoms with Gasteiger partial charge in [-0.1, -0.05) is 61.9 Å². The minimum Gasteiger partial charge on any atom is -0.333 e. The number of amides is 1. The number of rotatable bonds is 4. The van der Waals surface area contributed by atoms with Crippen molar-refractivity contribution in [3.05, 3.63) is 65.9 Å². The van der Waals surface area contributed by atoms with Crippen LogP contribution in [-0.2, 0) is 6.54 Å². The second-order valence-corrected chi connectivity index (χ2v) is 6.28. The zero-order chi connectivity index (χ0) is 16.5. The molecule has 0 saturated heterocycles. The molecule has 2 heterocycles. The maximum Gasteiger partial charge on any atom is 0.273 e. The Hall–Kier alpha value is -2.68. The van der Waals surface area contributed by atoms with Crippen molar-refractivity contribution >= 4 is 16.8 Å². The molecule has 0 bridgehead atoms. The molecule has 3 nitrogen and oxygen atoms in total. The van der Waals surface area contributed by atoms with Crippen LogP contribution >= 0.6 is 0 Å². The molecule has 4 rings (SSSR count). The van der Waals surface area contributed by atoms with Crippen LogP contribution in [0.2, 0.25) is 0 Å². The highest BCUT2D eigenvalue weighted by atomic mass is 16.2. The molecule has 3 aromatic rings. The van der Waals surface area contributed by atoms with Crippen LogP contribution in [0.4, 0.5) is 0 Å². The Kier molecular flexibility index (Phi) is 3.77. The maximum atomic E-state index is 12.8. The van der Waals surface area contributed by atoms with Crippen molar-refractivity contribution < 1.29 is 4.79 Å². The van der Waals surface area contributed by atoms with E-state index in [0.29, 0.717) is 12.2 Å². The summed E-state index contributed by atoms with van der Waals surface area (Å²) in [6.07, 6.45) is 2.11. The van der Waals surface area contributed by atoms with Gasteiger partial charge in [-0.05, 0) is 23.6 Å². The number of hydrogen-bond acceptors (Lipinski definition) is 2. The number of unbranched alkanes of at least 4 members (excludes halogenated alkanes) is 1. The van der Waals surface area contributed by atoms with Crippen LogP contribution in [0, 0.1) is 0 Å². The number of hydrogen-bond donors (Lipinski definition) is 0. The second-order valence-electron chi connectivity index (χ2n) is 6.28. The van der Waals surface area contributed by atoms with Crippen LogP contribution in [0.15, 0.2) is 54.6 Å². The highest BCUT2D eigenvalue weighted by molar-refractivity contribution is 6.05. The van der Waals surface area contributed by atoms with Gasteiger partial charge in [0.15, 0.2) is 0 Å². The number of aromatic nitrogens is 1. The van der Waals surface area contributed by atoms with E-state index in [2.05, 4.69) is 25.1 Å². The predicted molar refractivity (Wildman–Crippen MR) is 96.8 cm³/mol. The Labute approximate surface area is 141 Å². The number of carbonyl (C=O) groups is 1. The molecule has 3 heteroatoms. The average molecular weight is 316 g/mol. The van der Waals surface area contributed by atoms with Gasteiger partial charge in [-0.25, -0.2) is 4.98 Å². The Morgan fingerprint density at radius 3 is 2.58 bits per heavy atom. The second kappa shape index (κ2) is 6.08. The zero-order valence-electron chi connectivity index (χ0n) is 13.8. The van der Waals surface area contributed by atoms with Crippen molar-refractivity contribution in [3.8, 4) is 11.1 Å². The first-order chi connectivity index (χ1) is 11.8. The molecule has 0 saturated carbocycles. The standard InChI is InChI=1S/C21H20N2O/c1-2-3-13-23-14-17-19(15-9-5-4-6-10-15)16-11-7-8-12-18(16)22-20(17)21(23)24/h4-12H,2-3,13-14H2,1H3. The number of carbonyl (C=O) groups excluding carboxylic acids is 1. The van der Waals surface area contributed by atoms with Crippen LogP contribution < -0.4 is 0 Å². The fraction of sp³-hybridized carbons (Fsp3) is 0.238. The molecule has 1 aliphatic heterocycles. The fourth-order valence-electron chi connectivity index (χ4n) is 3.46. The summed E-state index contributed by atoms with van der Waals surface area (Å²) in [6, 6.07) is 18.4. The molecule has 0 unspecified atom stereocenters. The highest BCUT2D eigenvalue weighted by Crippen LogP contribution is 2.37. The van der Waals surface area contributed by atoms with Crippen LogP contribution in [0.1, 0.15) is 35.8 Å². The van der Waals surface area contributed by atoms with E-state index in [1.165, 1.54) is 0 Å². The third-order valence-electron chi connectivity index (χ3n) is 4.68. The largest absolute Gasteiger partial charge is 0.333 e. The number of para-hydroxylation sites is 1. The van der Waals surface area contributed by atoms with Gasteiger partial charge in [0.2, 0.25) is 0 Å². The van der Waals surface area contributed by atoms with Gasteiger partial charge < -0.3 is 4.90 Å². The molecule has 120 valence electrons. The molecule has 2 aromatic carbocycles. The lowest BCUT2D eigenvalue weighted by Crippen LogP contribution is -2.25. The van der Waals surface area contributed by atoms with E-state index >= 15 is 0 Å². The number of benzene rings is 2. The number of pyridine rings is 1. The number of fused-ring (bicyclic) bond motifs is 2. The third-order valence-corrected chi connectivity index (χ3v) is 4.68. The normalized spacial score (nSPS) is 13.5. The van der Waals surface area contributed by atoms with Gasteiger partial charge in [-0.3, -0.25) is 4.79 Å². The lowest BCUT2D eigenvalue weighted by molar-refractivity contribution is 0.0772. The summed E-state index contributed by atoms with van der Waals surface area (Å²) in [6.45, 7) is 3.61. The Morgan fingerprint density at radius 2 is 1.79 bits per heavy atom. The fourth-order valence-corrected chi connectivity index (χ4v) is 3.46. The van der Waals surface area contributed by atoms with Gasteiger partial charge in [-0.15, -0.1) is 0 Å². The van der Waals surface area contributed by atoms with Crippen molar-refractivity contribution in [3.63, 3.8) is 0 Å².